The first-order valence-electron chi connectivity index (χ1n) is 8.33. The van der Waals surface area contributed by atoms with Gasteiger partial charge < -0.3 is 15.2 Å². The molecule has 1 aromatic rings. The lowest BCUT2D eigenvalue weighted by molar-refractivity contribution is 0.0497. The van der Waals surface area contributed by atoms with Crippen molar-refractivity contribution in [3.63, 3.8) is 0 Å². The largest absolute Gasteiger partial charge is 0.462 e. The van der Waals surface area contributed by atoms with Crippen molar-refractivity contribution < 1.29 is 14.6 Å². The number of rotatable bonds is 6. The lowest BCUT2D eigenvalue weighted by atomic mass is 9.86. The molecule has 0 radical (unpaired) electrons. The van der Waals surface area contributed by atoms with Crippen LogP contribution in [0.2, 0.25) is 0 Å². The van der Waals surface area contributed by atoms with Gasteiger partial charge in [-0.25, -0.2) is 4.79 Å². The smallest absolute Gasteiger partial charge is 0.338 e. The first-order valence-corrected chi connectivity index (χ1v) is 8.33. The van der Waals surface area contributed by atoms with E-state index in [4.69, 9.17) is 4.74 Å². The number of piperidine rings is 1. The molecule has 0 saturated carbocycles. The van der Waals surface area contributed by atoms with Crippen molar-refractivity contribution in [3.8, 4) is 0 Å². The minimum atomic E-state index is -0.579. The highest BCUT2D eigenvalue weighted by molar-refractivity contribution is 5.91. The lowest BCUT2D eigenvalue weighted by Gasteiger charge is -2.25. The summed E-state index contributed by atoms with van der Waals surface area (Å²) in [6, 6.07) is 5.72. The Morgan fingerprint density at radius 1 is 1.41 bits per heavy atom. The summed E-state index contributed by atoms with van der Waals surface area (Å²) >= 11 is 0. The van der Waals surface area contributed by atoms with Crippen molar-refractivity contribution in [3.05, 3.63) is 34.9 Å². The topological polar surface area (TPSA) is 58.6 Å². The quantitative estimate of drug-likeness (QED) is 0.626. The van der Waals surface area contributed by atoms with E-state index in [-0.39, 0.29) is 5.97 Å². The molecule has 4 nitrogen and oxygen atoms in total. The van der Waals surface area contributed by atoms with Gasteiger partial charge in [0.25, 0.3) is 0 Å². The molecular weight excluding hydrogens is 278 g/mol. The molecule has 122 valence electrons. The average molecular weight is 305 g/mol. The Labute approximate surface area is 132 Å². The molecule has 22 heavy (non-hydrogen) atoms. The summed E-state index contributed by atoms with van der Waals surface area (Å²) in [6.45, 7) is 6.20. The van der Waals surface area contributed by atoms with Crippen molar-refractivity contribution >= 4 is 5.97 Å². The molecule has 1 heterocycles. The SMILES string of the molecule is CCCCOC(=O)c1cc(C(C)O)ccc1C1CCNCC1. The van der Waals surface area contributed by atoms with Gasteiger partial charge in [-0.05, 0) is 62.4 Å². The van der Waals surface area contributed by atoms with E-state index in [1.807, 2.05) is 12.1 Å². The summed E-state index contributed by atoms with van der Waals surface area (Å²) in [4.78, 5) is 12.4. The zero-order valence-corrected chi connectivity index (χ0v) is 13.6. The predicted molar refractivity (Wildman–Crippen MR) is 87.1 cm³/mol. The number of aliphatic hydroxyl groups excluding tert-OH is 1. The van der Waals surface area contributed by atoms with Crippen LogP contribution < -0.4 is 5.32 Å². The first-order chi connectivity index (χ1) is 10.6. The third kappa shape index (κ3) is 4.31. The maximum absolute atomic E-state index is 12.4. The molecule has 1 aromatic carbocycles. The number of hydrogen-bond donors (Lipinski definition) is 2. The summed E-state index contributed by atoms with van der Waals surface area (Å²) < 4.78 is 5.40. The van der Waals surface area contributed by atoms with E-state index in [1.54, 1.807) is 13.0 Å². The van der Waals surface area contributed by atoms with Crippen LogP contribution in [0.4, 0.5) is 0 Å². The number of carbonyl (C=O) groups excluding carboxylic acids is 1. The second-order valence-corrected chi connectivity index (χ2v) is 6.04. The predicted octanol–water partition coefficient (Wildman–Crippen LogP) is 3.16. The zero-order valence-electron chi connectivity index (χ0n) is 13.6. The molecule has 0 amide bonds. The van der Waals surface area contributed by atoms with Crippen LogP contribution in [0.15, 0.2) is 18.2 Å². The Hall–Kier alpha value is -1.39. The maximum Gasteiger partial charge on any atom is 0.338 e. The van der Waals surface area contributed by atoms with Crippen LogP contribution in [-0.2, 0) is 4.74 Å². The molecule has 0 aromatic heterocycles. The summed E-state index contributed by atoms with van der Waals surface area (Å²) in [5.74, 6) is 0.127. The van der Waals surface area contributed by atoms with Gasteiger partial charge in [-0.2, -0.15) is 0 Å². The fourth-order valence-electron chi connectivity index (χ4n) is 2.89. The fraction of sp³-hybridized carbons (Fsp3) is 0.611. The maximum atomic E-state index is 12.4. The van der Waals surface area contributed by atoms with E-state index < -0.39 is 6.10 Å². The minimum absolute atomic E-state index is 0.260. The van der Waals surface area contributed by atoms with Crippen molar-refractivity contribution in [2.45, 2.75) is 51.6 Å². The van der Waals surface area contributed by atoms with Crippen molar-refractivity contribution in [1.29, 1.82) is 0 Å². The van der Waals surface area contributed by atoms with Crippen LogP contribution in [0.1, 0.15) is 73.0 Å². The number of aliphatic hydroxyl groups is 1. The number of unbranched alkanes of at least 4 members (excludes halogenated alkanes) is 1. The molecule has 0 spiro atoms. The molecule has 2 N–H and O–H groups in total. The summed E-state index contributed by atoms with van der Waals surface area (Å²) in [5.41, 5.74) is 2.45. The van der Waals surface area contributed by atoms with Gasteiger partial charge in [-0.15, -0.1) is 0 Å². The van der Waals surface area contributed by atoms with Gasteiger partial charge in [0.15, 0.2) is 0 Å². The van der Waals surface area contributed by atoms with Gasteiger partial charge in [0.05, 0.1) is 18.3 Å². The summed E-state index contributed by atoms with van der Waals surface area (Å²) in [5, 5.41) is 13.1. The van der Waals surface area contributed by atoms with E-state index in [0.29, 0.717) is 18.1 Å². The van der Waals surface area contributed by atoms with E-state index in [1.165, 1.54) is 0 Å². The molecule has 1 saturated heterocycles. The molecule has 1 fully saturated rings. The Morgan fingerprint density at radius 2 is 2.14 bits per heavy atom. The van der Waals surface area contributed by atoms with Crippen LogP contribution >= 0.6 is 0 Å². The highest BCUT2D eigenvalue weighted by atomic mass is 16.5. The van der Waals surface area contributed by atoms with Crippen molar-refractivity contribution in [1.82, 2.24) is 5.32 Å². The number of esters is 1. The van der Waals surface area contributed by atoms with Crippen molar-refractivity contribution in [2.24, 2.45) is 0 Å². The highest BCUT2D eigenvalue weighted by Crippen LogP contribution is 2.30. The fourth-order valence-corrected chi connectivity index (χ4v) is 2.89. The number of nitrogens with one attached hydrogen (secondary N) is 1. The van der Waals surface area contributed by atoms with Crippen LogP contribution in [-0.4, -0.2) is 30.8 Å². The molecule has 0 aliphatic carbocycles. The van der Waals surface area contributed by atoms with Crippen LogP contribution in [0, 0.1) is 0 Å². The van der Waals surface area contributed by atoms with Crippen LogP contribution in [0.3, 0.4) is 0 Å². The number of ether oxygens (including phenoxy) is 1. The average Bonchev–Trinajstić information content (AvgIpc) is 2.55. The van der Waals surface area contributed by atoms with Crippen LogP contribution in [0.25, 0.3) is 0 Å². The normalized spacial score (nSPS) is 17.2. The first kappa shape index (κ1) is 17.0. The number of carbonyl (C=O) groups is 1. The van der Waals surface area contributed by atoms with Gasteiger partial charge in [-0.3, -0.25) is 0 Å². The van der Waals surface area contributed by atoms with Crippen LogP contribution in [0.5, 0.6) is 0 Å². The van der Waals surface area contributed by atoms with E-state index in [9.17, 15) is 9.90 Å². The number of hydrogen-bond acceptors (Lipinski definition) is 4. The summed E-state index contributed by atoms with van der Waals surface area (Å²) in [7, 11) is 0. The molecule has 1 atom stereocenters. The Kier molecular flexibility index (Phi) is 6.40. The number of benzene rings is 1. The molecule has 1 aliphatic heterocycles. The zero-order chi connectivity index (χ0) is 15.9. The lowest BCUT2D eigenvalue weighted by Crippen LogP contribution is -2.27. The van der Waals surface area contributed by atoms with E-state index in [0.717, 1.165) is 49.9 Å². The second kappa shape index (κ2) is 8.30. The van der Waals surface area contributed by atoms with E-state index >= 15 is 0 Å². The van der Waals surface area contributed by atoms with Gasteiger partial charge in [0.2, 0.25) is 0 Å². The third-order valence-corrected chi connectivity index (χ3v) is 4.29. The van der Waals surface area contributed by atoms with Gasteiger partial charge in [0, 0.05) is 0 Å². The molecule has 4 heteroatoms. The van der Waals surface area contributed by atoms with E-state index in [2.05, 4.69) is 12.2 Å². The molecule has 1 unspecified atom stereocenters. The third-order valence-electron chi connectivity index (χ3n) is 4.29. The monoisotopic (exact) mass is 305 g/mol. The molecule has 2 rings (SSSR count). The molecule has 1 aliphatic rings. The minimum Gasteiger partial charge on any atom is -0.462 e. The standard InChI is InChI=1S/C18H27NO3/c1-3-4-11-22-18(21)17-12-15(13(2)20)5-6-16(17)14-7-9-19-10-8-14/h5-6,12-14,19-20H,3-4,7-11H2,1-2H3. The Morgan fingerprint density at radius 3 is 2.77 bits per heavy atom. The van der Waals surface area contributed by atoms with Crippen molar-refractivity contribution in [2.75, 3.05) is 19.7 Å². The highest BCUT2D eigenvalue weighted by Gasteiger charge is 2.23. The van der Waals surface area contributed by atoms with Gasteiger partial charge >= 0.3 is 5.97 Å². The Bertz CT molecular complexity index is 493. The molecular formula is C18H27NO3. The van der Waals surface area contributed by atoms with Gasteiger partial charge in [0.1, 0.15) is 0 Å². The Balaban J connectivity index is 2.24. The molecule has 0 bridgehead atoms. The second-order valence-electron chi connectivity index (χ2n) is 6.04. The summed E-state index contributed by atoms with van der Waals surface area (Å²) in [6.07, 6.45) is 3.36. The van der Waals surface area contributed by atoms with Gasteiger partial charge in [-0.1, -0.05) is 25.5 Å².